The van der Waals surface area contributed by atoms with Gasteiger partial charge in [-0.05, 0) is 88.2 Å². The van der Waals surface area contributed by atoms with Gasteiger partial charge in [0.25, 0.3) is 6.71 Å². The quantitative estimate of drug-likeness (QED) is 0.244. The van der Waals surface area contributed by atoms with Gasteiger partial charge in [-0.2, -0.15) is 0 Å². The minimum atomic E-state index is -0.0818. The van der Waals surface area contributed by atoms with Gasteiger partial charge in [-0.3, -0.25) is 0 Å². The molecule has 0 unspecified atom stereocenters. The summed E-state index contributed by atoms with van der Waals surface area (Å²) < 4.78 is 0. The molecule has 2 nitrogen and oxygen atoms in total. The van der Waals surface area contributed by atoms with Crippen LogP contribution in [-0.2, 0) is 5.41 Å². The maximum Gasteiger partial charge on any atom is 0.250 e. The molecule has 44 heavy (non-hydrogen) atoms. The fraction of sp³-hybridized carbons (Fsp3) is 0.0769. The highest BCUT2D eigenvalue weighted by Crippen LogP contribution is 2.47. The predicted octanol–water partition coefficient (Wildman–Crippen LogP) is 5.70. The maximum atomic E-state index is 2.54. The topological polar surface area (TPSA) is 6.48 Å². The molecule has 6 aromatic rings. The molecular weight excluding hydrogens is 550 g/mol. The summed E-state index contributed by atoms with van der Waals surface area (Å²) in [6.07, 6.45) is 0. The molecule has 0 radical (unpaired) electrons. The molecule has 11 rings (SSSR count). The summed E-state index contributed by atoms with van der Waals surface area (Å²) in [4.78, 5) is 7.91. The largest absolute Gasteiger partial charge is 0.311 e. The van der Waals surface area contributed by atoms with Crippen LogP contribution < -0.4 is 42.6 Å². The number of nitrogens with zero attached hydrogens (tertiary/aromatic N) is 2. The lowest BCUT2D eigenvalue weighted by Gasteiger charge is -2.52. The number of benzene rings is 6. The zero-order valence-electron chi connectivity index (χ0n) is 24.5. The summed E-state index contributed by atoms with van der Waals surface area (Å²) in [5.41, 5.74) is 19.6. The van der Waals surface area contributed by atoms with Crippen LogP contribution in [0.5, 0.6) is 0 Å². The third kappa shape index (κ3) is 2.62. The lowest BCUT2D eigenvalue weighted by molar-refractivity contribution is 0.645. The van der Waals surface area contributed by atoms with E-state index in [1.807, 2.05) is 11.8 Å². The van der Waals surface area contributed by atoms with E-state index in [1.165, 1.54) is 82.4 Å². The molecule has 6 aromatic carbocycles. The second-order valence-corrected chi connectivity index (χ2v) is 14.3. The summed E-state index contributed by atoms with van der Waals surface area (Å²) in [6, 6.07) is 45.6. The van der Waals surface area contributed by atoms with E-state index in [2.05, 4.69) is 145 Å². The van der Waals surface area contributed by atoms with Crippen molar-refractivity contribution in [1.29, 1.82) is 0 Å². The Balaban J connectivity index is 1.35. The number of hydrogen-bond donors (Lipinski definition) is 0. The third-order valence-electron chi connectivity index (χ3n) is 10.9. The standard InChI is InChI=1S/C39H26B2N2S/c1-39(2)25-15-9-18-31-33(25)40-34-26(39)19-20-29-36(34)41-35-27(42(29)23-11-5-3-6-12-23)16-10-17-28(35)43(24-13-7-4-8-14-24)30-21-22-32(44-31)38(40)37(30)41/h3-22H,1-2H3. The van der Waals surface area contributed by atoms with Gasteiger partial charge in [0.15, 0.2) is 0 Å². The minimum Gasteiger partial charge on any atom is -0.311 e. The fourth-order valence-electron chi connectivity index (χ4n) is 9.27. The van der Waals surface area contributed by atoms with Gasteiger partial charge in [-0.15, -0.1) is 0 Å². The van der Waals surface area contributed by atoms with Gasteiger partial charge >= 0.3 is 0 Å². The van der Waals surface area contributed by atoms with E-state index in [4.69, 9.17) is 0 Å². The fourth-order valence-corrected chi connectivity index (χ4v) is 10.5. The molecule has 5 heteroatoms. The maximum absolute atomic E-state index is 2.54. The van der Waals surface area contributed by atoms with Crippen molar-refractivity contribution in [2.45, 2.75) is 29.1 Å². The molecule has 0 aliphatic carbocycles. The average Bonchev–Trinajstić information content (AvgIpc) is 3.06. The van der Waals surface area contributed by atoms with Crippen LogP contribution in [0.15, 0.2) is 131 Å². The lowest BCUT2D eigenvalue weighted by atomic mass is 9.17. The van der Waals surface area contributed by atoms with Gasteiger partial charge < -0.3 is 9.80 Å². The van der Waals surface area contributed by atoms with E-state index in [1.54, 1.807) is 5.46 Å². The highest BCUT2D eigenvalue weighted by molar-refractivity contribution is 8.00. The summed E-state index contributed by atoms with van der Waals surface area (Å²) in [6.45, 7) is 5.32. The zero-order valence-corrected chi connectivity index (χ0v) is 25.3. The number of hydrogen-bond acceptors (Lipinski definition) is 3. The summed E-state index contributed by atoms with van der Waals surface area (Å²) in [5.74, 6) is 0. The summed E-state index contributed by atoms with van der Waals surface area (Å²) in [5, 5.41) is 0. The number of anilines is 6. The minimum absolute atomic E-state index is 0.0818. The molecule has 0 bridgehead atoms. The van der Waals surface area contributed by atoms with Crippen LogP contribution in [0.25, 0.3) is 0 Å². The van der Waals surface area contributed by atoms with Crippen molar-refractivity contribution in [3.8, 4) is 0 Å². The monoisotopic (exact) mass is 576 g/mol. The van der Waals surface area contributed by atoms with Gasteiger partial charge in [0.1, 0.15) is 0 Å². The molecule has 5 heterocycles. The molecular formula is C39H26B2N2S. The Kier molecular flexibility index (Phi) is 4.28. The first kappa shape index (κ1) is 23.8. The first-order valence-corrected chi connectivity index (χ1v) is 16.4. The van der Waals surface area contributed by atoms with Crippen molar-refractivity contribution in [2.24, 2.45) is 0 Å². The first-order chi connectivity index (χ1) is 21.6. The zero-order chi connectivity index (χ0) is 28.9. The number of para-hydroxylation sites is 2. The SMILES string of the molecule is CC1(C)c2cccc3c2B2c4c(ccc5c4B4c6c(cccc6N(c6ccccc6)c6ccc1c2c64)N5c1ccccc1)S3. The van der Waals surface area contributed by atoms with E-state index in [9.17, 15) is 0 Å². The van der Waals surface area contributed by atoms with Crippen LogP contribution in [0, 0.1) is 0 Å². The smallest absolute Gasteiger partial charge is 0.250 e. The van der Waals surface area contributed by atoms with Gasteiger partial charge in [0.2, 0.25) is 6.71 Å². The van der Waals surface area contributed by atoms with Crippen molar-refractivity contribution in [2.75, 3.05) is 9.80 Å². The summed E-state index contributed by atoms with van der Waals surface area (Å²) >= 11 is 1.98. The van der Waals surface area contributed by atoms with Crippen molar-refractivity contribution in [3.05, 3.63) is 132 Å². The van der Waals surface area contributed by atoms with Gasteiger partial charge in [-0.1, -0.05) is 103 Å². The molecule has 0 atom stereocenters. The molecule has 5 aliphatic heterocycles. The molecule has 0 amide bonds. The Morgan fingerprint density at radius 2 is 0.955 bits per heavy atom. The van der Waals surface area contributed by atoms with E-state index >= 15 is 0 Å². The average molecular weight is 576 g/mol. The second-order valence-electron chi connectivity index (χ2n) is 13.2. The molecule has 0 spiro atoms. The number of rotatable bonds is 2. The molecule has 0 saturated heterocycles. The van der Waals surface area contributed by atoms with Crippen molar-refractivity contribution >= 4 is 92.1 Å². The molecule has 204 valence electrons. The Morgan fingerprint density at radius 1 is 0.432 bits per heavy atom. The first-order valence-electron chi connectivity index (χ1n) is 15.6. The van der Waals surface area contributed by atoms with Crippen LogP contribution in [0.2, 0.25) is 0 Å². The molecule has 0 aromatic heterocycles. The lowest BCUT2D eigenvalue weighted by Crippen LogP contribution is -2.81. The van der Waals surface area contributed by atoms with Crippen molar-refractivity contribution in [1.82, 2.24) is 0 Å². The highest BCUT2D eigenvalue weighted by atomic mass is 32.2. The van der Waals surface area contributed by atoms with E-state index < -0.39 is 0 Å². The van der Waals surface area contributed by atoms with Crippen molar-refractivity contribution < 1.29 is 0 Å². The van der Waals surface area contributed by atoms with Gasteiger partial charge in [0.05, 0.1) is 0 Å². The Bertz CT molecular complexity index is 2250. The van der Waals surface area contributed by atoms with Crippen LogP contribution in [-0.4, -0.2) is 13.4 Å². The van der Waals surface area contributed by atoms with Crippen LogP contribution in [0.3, 0.4) is 0 Å². The van der Waals surface area contributed by atoms with Crippen LogP contribution >= 0.6 is 11.8 Å². The van der Waals surface area contributed by atoms with Crippen LogP contribution in [0.4, 0.5) is 34.1 Å². The highest BCUT2D eigenvalue weighted by Gasteiger charge is 2.56. The Morgan fingerprint density at radius 3 is 1.64 bits per heavy atom. The predicted molar refractivity (Wildman–Crippen MR) is 188 cm³/mol. The van der Waals surface area contributed by atoms with Crippen LogP contribution in [0.1, 0.15) is 25.0 Å². The molecule has 0 N–H and O–H groups in total. The normalized spacial score (nSPS) is 16.3. The van der Waals surface area contributed by atoms with E-state index in [0.717, 1.165) is 0 Å². The second kappa shape index (κ2) is 7.91. The Hall–Kier alpha value is -4.60. The van der Waals surface area contributed by atoms with E-state index in [-0.39, 0.29) is 18.8 Å². The summed E-state index contributed by atoms with van der Waals surface area (Å²) in [7, 11) is 0. The van der Waals surface area contributed by atoms with Gasteiger partial charge in [0, 0.05) is 49.3 Å². The van der Waals surface area contributed by atoms with Gasteiger partial charge in [-0.25, -0.2) is 0 Å². The molecule has 0 saturated carbocycles. The Labute approximate surface area is 262 Å². The molecule has 5 aliphatic rings. The molecule has 0 fully saturated rings. The van der Waals surface area contributed by atoms with E-state index in [0.29, 0.717) is 0 Å². The van der Waals surface area contributed by atoms with Crippen molar-refractivity contribution in [3.63, 3.8) is 0 Å². The third-order valence-corrected chi connectivity index (χ3v) is 12.1.